The normalized spacial score (nSPS) is 13.6. The number of hydrogen-bond donors (Lipinski definition) is 2. The Morgan fingerprint density at radius 3 is 2.44 bits per heavy atom. The number of esters is 1. The fourth-order valence-corrected chi connectivity index (χ4v) is 1.28. The monoisotopic (exact) mass is 293 g/mol. The number of carboxylic acids is 1. The topological polar surface area (TPSA) is 107 Å². The van der Waals surface area contributed by atoms with Gasteiger partial charge in [0.15, 0.2) is 11.7 Å². The minimum Gasteiger partial charge on any atom is -0.481 e. The summed E-state index contributed by atoms with van der Waals surface area (Å²) in [5.41, 5.74) is 5.36. The van der Waals surface area contributed by atoms with E-state index in [1.807, 2.05) is 0 Å². The van der Waals surface area contributed by atoms with Gasteiger partial charge in [0.05, 0.1) is 11.4 Å². The molecule has 2 unspecified atom stereocenters. The van der Waals surface area contributed by atoms with Crippen LogP contribution in [-0.2, 0) is 19.1 Å². The number of ether oxygens (including phenoxy) is 1. The largest absolute Gasteiger partial charge is 0.481 e. The van der Waals surface area contributed by atoms with Gasteiger partial charge in [0, 0.05) is 0 Å². The molecular weight excluding hydrogens is 282 g/mol. The van der Waals surface area contributed by atoms with Crippen LogP contribution in [0.15, 0.2) is 12.7 Å². The van der Waals surface area contributed by atoms with Gasteiger partial charge < -0.3 is 15.6 Å². The van der Waals surface area contributed by atoms with Gasteiger partial charge in [-0.25, -0.2) is 0 Å². The summed E-state index contributed by atoms with van der Waals surface area (Å²) in [6.45, 7) is 3.18. The molecule has 0 radical (unpaired) electrons. The molecule has 16 heavy (non-hydrogen) atoms. The number of ketones is 1. The quantitative estimate of drug-likeness (QED) is 0.289. The third kappa shape index (κ3) is 4.11. The van der Waals surface area contributed by atoms with Crippen LogP contribution >= 0.6 is 15.9 Å². The van der Waals surface area contributed by atoms with Gasteiger partial charge in [-0.1, -0.05) is 28.6 Å². The molecule has 0 saturated carbocycles. The molecule has 0 bridgehead atoms. The van der Waals surface area contributed by atoms with Crippen LogP contribution in [-0.4, -0.2) is 40.8 Å². The first-order valence-corrected chi connectivity index (χ1v) is 5.42. The lowest BCUT2D eigenvalue weighted by molar-refractivity contribution is -0.160. The Balaban J connectivity index is 4.72. The fourth-order valence-electron chi connectivity index (χ4n) is 0.907. The van der Waals surface area contributed by atoms with Crippen molar-refractivity contribution in [3.63, 3.8) is 0 Å². The molecule has 6 nitrogen and oxygen atoms in total. The van der Waals surface area contributed by atoms with E-state index in [0.29, 0.717) is 0 Å². The van der Waals surface area contributed by atoms with Crippen molar-refractivity contribution in [1.82, 2.24) is 0 Å². The Kier molecular flexibility index (Phi) is 6.59. The molecule has 0 aliphatic carbocycles. The molecule has 7 heteroatoms. The van der Waals surface area contributed by atoms with E-state index in [9.17, 15) is 14.4 Å². The van der Waals surface area contributed by atoms with E-state index in [1.165, 1.54) is 6.08 Å². The molecule has 0 amide bonds. The van der Waals surface area contributed by atoms with Crippen LogP contribution in [0.4, 0.5) is 0 Å². The van der Waals surface area contributed by atoms with E-state index < -0.39 is 29.7 Å². The molecule has 0 aromatic rings. The summed E-state index contributed by atoms with van der Waals surface area (Å²) in [6, 6.07) is -1.42. The fraction of sp³-hybridized carbons (Fsp3) is 0.444. The summed E-state index contributed by atoms with van der Waals surface area (Å²) in [4.78, 5) is 33.3. The van der Waals surface area contributed by atoms with Crippen LogP contribution in [0.25, 0.3) is 0 Å². The molecule has 0 rings (SSSR count). The Bertz CT molecular complexity index is 304. The second kappa shape index (κ2) is 7.13. The van der Waals surface area contributed by atoms with Gasteiger partial charge in [-0.2, -0.15) is 0 Å². The van der Waals surface area contributed by atoms with Crippen molar-refractivity contribution in [3.8, 4) is 0 Å². The third-order valence-electron chi connectivity index (χ3n) is 1.73. The Labute approximate surface area is 101 Å². The lowest BCUT2D eigenvalue weighted by Crippen LogP contribution is -2.47. The maximum absolute atomic E-state index is 11.3. The zero-order valence-corrected chi connectivity index (χ0v) is 9.97. The number of Topliss-reactive ketones (excluding diaryl/α,β-unsaturated/α-hetero) is 1. The lowest BCUT2D eigenvalue weighted by Gasteiger charge is -2.16. The summed E-state index contributed by atoms with van der Waals surface area (Å²) in [5, 5.41) is 8.67. The van der Waals surface area contributed by atoms with Crippen LogP contribution in [0.5, 0.6) is 0 Å². The summed E-state index contributed by atoms with van der Waals surface area (Å²) in [7, 11) is 0. The number of hydrogen-bond acceptors (Lipinski definition) is 5. The van der Waals surface area contributed by atoms with Crippen molar-refractivity contribution in [2.24, 2.45) is 11.7 Å². The predicted molar refractivity (Wildman–Crippen MR) is 59.1 cm³/mol. The van der Waals surface area contributed by atoms with E-state index in [0.717, 1.165) is 0 Å². The molecule has 0 aromatic heterocycles. The van der Waals surface area contributed by atoms with E-state index in [-0.39, 0.29) is 11.9 Å². The number of carbonyl (C=O) groups excluding carboxylic acids is 2. The molecule has 0 aliphatic heterocycles. The van der Waals surface area contributed by atoms with Gasteiger partial charge in [0.25, 0.3) is 0 Å². The number of aliphatic carboxylic acids is 1. The first-order chi connectivity index (χ1) is 7.45. The van der Waals surface area contributed by atoms with Crippen molar-refractivity contribution in [3.05, 3.63) is 12.7 Å². The molecule has 0 fully saturated rings. The first kappa shape index (κ1) is 14.8. The summed E-state index contributed by atoms with van der Waals surface area (Å²) in [5.74, 6) is -4.81. The van der Waals surface area contributed by atoms with Gasteiger partial charge in [-0.3, -0.25) is 14.4 Å². The van der Waals surface area contributed by atoms with Gasteiger partial charge in [-0.05, 0) is 0 Å². The molecule has 2 atom stereocenters. The standard InChI is InChI=1S/C9H12BrNO5/c1-2-3-16-9(15)6(8(13)14)7(11)5(12)4-10/h2,6-7H,1,3-4,11H2,(H,13,14). The van der Waals surface area contributed by atoms with Crippen molar-refractivity contribution in [2.75, 3.05) is 11.9 Å². The van der Waals surface area contributed by atoms with Crippen molar-refractivity contribution < 1.29 is 24.2 Å². The minimum atomic E-state index is -1.69. The Hall–Kier alpha value is -1.21. The highest BCUT2D eigenvalue weighted by Gasteiger charge is 2.37. The number of nitrogens with two attached hydrogens (primary N) is 1. The van der Waals surface area contributed by atoms with Gasteiger partial charge in [0.2, 0.25) is 0 Å². The lowest BCUT2D eigenvalue weighted by atomic mass is 9.98. The Morgan fingerprint density at radius 1 is 1.50 bits per heavy atom. The van der Waals surface area contributed by atoms with Gasteiger partial charge in [0.1, 0.15) is 6.61 Å². The highest BCUT2D eigenvalue weighted by molar-refractivity contribution is 9.09. The molecule has 0 aliphatic rings. The molecule has 3 N–H and O–H groups in total. The molecular formula is C9H12BrNO5. The molecule has 0 saturated heterocycles. The number of carbonyl (C=O) groups is 3. The summed E-state index contributed by atoms with van der Waals surface area (Å²) >= 11 is 2.84. The second-order valence-corrected chi connectivity index (χ2v) is 3.42. The number of carboxylic acid groups (broad SMARTS) is 1. The molecule has 90 valence electrons. The minimum absolute atomic E-state index is 0.118. The highest BCUT2D eigenvalue weighted by atomic mass is 79.9. The van der Waals surface area contributed by atoms with Crippen LogP contribution in [0.1, 0.15) is 0 Å². The van der Waals surface area contributed by atoms with Crippen LogP contribution in [0.2, 0.25) is 0 Å². The molecule has 0 heterocycles. The van der Waals surface area contributed by atoms with E-state index in [4.69, 9.17) is 10.8 Å². The van der Waals surface area contributed by atoms with Crippen molar-refractivity contribution >= 4 is 33.7 Å². The number of alkyl halides is 1. The maximum Gasteiger partial charge on any atom is 0.322 e. The average Bonchev–Trinajstić information content (AvgIpc) is 2.24. The van der Waals surface area contributed by atoms with Gasteiger partial charge >= 0.3 is 11.9 Å². The van der Waals surface area contributed by atoms with E-state index in [2.05, 4.69) is 27.2 Å². The SMILES string of the molecule is C=CCOC(=O)C(C(=O)O)C(N)C(=O)CBr. The molecule has 0 spiro atoms. The smallest absolute Gasteiger partial charge is 0.322 e. The zero-order chi connectivity index (χ0) is 12.7. The average molecular weight is 294 g/mol. The van der Waals surface area contributed by atoms with E-state index >= 15 is 0 Å². The predicted octanol–water partition coefficient (Wildman–Crippen LogP) is -0.292. The van der Waals surface area contributed by atoms with Crippen LogP contribution < -0.4 is 5.73 Å². The van der Waals surface area contributed by atoms with Gasteiger partial charge in [-0.15, -0.1) is 0 Å². The zero-order valence-electron chi connectivity index (χ0n) is 8.39. The van der Waals surface area contributed by atoms with Crippen molar-refractivity contribution in [2.45, 2.75) is 6.04 Å². The maximum atomic E-state index is 11.3. The van der Waals surface area contributed by atoms with Crippen LogP contribution in [0.3, 0.4) is 0 Å². The van der Waals surface area contributed by atoms with Crippen LogP contribution in [0, 0.1) is 5.92 Å². The first-order valence-electron chi connectivity index (χ1n) is 4.30. The highest BCUT2D eigenvalue weighted by Crippen LogP contribution is 2.08. The summed E-state index contributed by atoms with van der Waals surface area (Å²) in [6.07, 6.45) is 1.29. The number of rotatable bonds is 7. The molecule has 0 aromatic carbocycles. The van der Waals surface area contributed by atoms with Crippen molar-refractivity contribution in [1.29, 1.82) is 0 Å². The summed E-state index contributed by atoms with van der Waals surface area (Å²) < 4.78 is 4.55. The second-order valence-electron chi connectivity index (χ2n) is 2.86. The van der Waals surface area contributed by atoms with E-state index in [1.54, 1.807) is 0 Å². The Morgan fingerprint density at radius 2 is 2.06 bits per heavy atom. The number of halogens is 1. The third-order valence-corrected chi connectivity index (χ3v) is 2.28.